The van der Waals surface area contributed by atoms with Crippen LogP contribution in [0.25, 0.3) is 0 Å². The van der Waals surface area contributed by atoms with Gasteiger partial charge in [-0.15, -0.1) is 24.0 Å². The minimum atomic E-state index is 0. The molecule has 2 N–H and O–H groups in total. The normalized spacial score (nSPS) is 10.8. The van der Waals surface area contributed by atoms with Crippen LogP contribution in [0.1, 0.15) is 38.7 Å². The van der Waals surface area contributed by atoms with Crippen LogP contribution in [-0.4, -0.2) is 32.7 Å². The zero-order valence-electron chi connectivity index (χ0n) is 14.0. The molecule has 1 aromatic rings. The fourth-order valence-electron chi connectivity index (χ4n) is 2.01. The number of guanidine groups is 1. The molecule has 22 heavy (non-hydrogen) atoms. The van der Waals surface area contributed by atoms with E-state index in [1.165, 1.54) is 18.4 Å². The molecule has 0 amide bonds. The van der Waals surface area contributed by atoms with Crippen molar-refractivity contribution in [3.8, 4) is 5.75 Å². The van der Waals surface area contributed by atoms with Crippen LogP contribution < -0.4 is 15.4 Å². The average molecular weight is 419 g/mol. The van der Waals surface area contributed by atoms with E-state index in [2.05, 4.69) is 41.6 Å². The molecule has 0 aliphatic heterocycles. The van der Waals surface area contributed by atoms with Crippen molar-refractivity contribution in [2.24, 2.45) is 4.99 Å². The van der Waals surface area contributed by atoms with Gasteiger partial charge in [-0.3, -0.25) is 4.99 Å². The smallest absolute Gasteiger partial charge is 0.191 e. The van der Waals surface area contributed by atoms with Crippen molar-refractivity contribution in [1.82, 2.24) is 10.6 Å². The summed E-state index contributed by atoms with van der Waals surface area (Å²) in [5, 5.41) is 6.67. The predicted molar refractivity (Wildman–Crippen MR) is 106 cm³/mol. The minimum Gasteiger partial charge on any atom is -0.497 e. The van der Waals surface area contributed by atoms with Crippen LogP contribution in [0.2, 0.25) is 0 Å². The Bertz CT molecular complexity index is 407. The zero-order chi connectivity index (χ0) is 15.3. The Morgan fingerprint density at radius 2 is 1.82 bits per heavy atom. The predicted octanol–water partition coefficient (Wildman–Crippen LogP) is 3.60. The summed E-state index contributed by atoms with van der Waals surface area (Å²) in [5.41, 5.74) is 1.30. The first-order valence-electron chi connectivity index (χ1n) is 7.95. The lowest BCUT2D eigenvalue weighted by Gasteiger charge is -2.11. The fraction of sp³-hybridized carbons (Fsp3) is 0.588. The van der Waals surface area contributed by atoms with Gasteiger partial charge in [0.25, 0.3) is 0 Å². The van der Waals surface area contributed by atoms with E-state index in [1.807, 2.05) is 12.1 Å². The SMILES string of the molecule is CCCCCN=C(NCC)NCCc1ccc(OC)cc1.I. The van der Waals surface area contributed by atoms with Crippen molar-refractivity contribution in [3.63, 3.8) is 0 Å². The molecule has 0 heterocycles. The Labute approximate surface area is 152 Å². The lowest BCUT2D eigenvalue weighted by molar-refractivity contribution is 0.414. The second-order valence-electron chi connectivity index (χ2n) is 4.99. The van der Waals surface area contributed by atoms with Crippen LogP contribution in [0.15, 0.2) is 29.3 Å². The topological polar surface area (TPSA) is 45.7 Å². The third kappa shape index (κ3) is 9.12. The van der Waals surface area contributed by atoms with Gasteiger partial charge in [0.15, 0.2) is 5.96 Å². The first-order chi connectivity index (χ1) is 10.3. The Morgan fingerprint density at radius 3 is 2.41 bits per heavy atom. The maximum atomic E-state index is 5.16. The number of aliphatic imine (C=N–C) groups is 1. The van der Waals surface area contributed by atoms with E-state index in [9.17, 15) is 0 Å². The molecule has 0 aliphatic carbocycles. The van der Waals surface area contributed by atoms with Gasteiger partial charge in [-0.25, -0.2) is 0 Å². The first kappa shape index (κ1) is 21.0. The van der Waals surface area contributed by atoms with Crippen molar-refractivity contribution in [3.05, 3.63) is 29.8 Å². The Hall–Kier alpha value is -0.980. The van der Waals surface area contributed by atoms with Crippen molar-refractivity contribution < 1.29 is 4.74 Å². The van der Waals surface area contributed by atoms with Crippen LogP contribution >= 0.6 is 24.0 Å². The minimum absolute atomic E-state index is 0. The van der Waals surface area contributed by atoms with Crippen LogP contribution in [0.4, 0.5) is 0 Å². The van der Waals surface area contributed by atoms with Gasteiger partial charge in [0.05, 0.1) is 7.11 Å². The highest BCUT2D eigenvalue weighted by molar-refractivity contribution is 14.0. The third-order valence-corrected chi connectivity index (χ3v) is 3.24. The Balaban J connectivity index is 0.00000441. The van der Waals surface area contributed by atoms with Crippen LogP contribution in [0, 0.1) is 0 Å². The number of hydrogen-bond donors (Lipinski definition) is 2. The summed E-state index contributed by atoms with van der Waals surface area (Å²) in [5.74, 6) is 1.82. The van der Waals surface area contributed by atoms with Gasteiger partial charge >= 0.3 is 0 Å². The van der Waals surface area contributed by atoms with E-state index in [4.69, 9.17) is 4.74 Å². The van der Waals surface area contributed by atoms with Gasteiger partial charge in [-0.05, 0) is 37.5 Å². The fourth-order valence-corrected chi connectivity index (χ4v) is 2.01. The quantitative estimate of drug-likeness (QED) is 0.278. The molecule has 0 fully saturated rings. The molecule has 0 bridgehead atoms. The number of nitrogens with zero attached hydrogens (tertiary/aromatic N) is 1. The van der Waals surface area contributed by atoms with Crippen molar-refractivity contribution >= 4 is 29.9 Å². The Morgan fingerprint density at radius 1 is 1.09 bits per heavy atom. The highest BCUT2D eigenvalue weighted by Crippen LogP contribution is 2.11. The van der Waals surface area contributed by atoms with Gasteiger partial charge in [0.2, 0.25) is 0 Å². The zero-order valence-corrected chi connectivity index (χ0v) is 16.4. The van der Waals surface area contributed by atoms with Crippen LogP contribution in [0.5, 0.6) is 5.75 Å². The number of halogens is 1. The van der Waals surface area contributed by atoms with E-state index in [0.717, 1.165) is 44.2 Å². The summed E-state index contributed by atoms with van der Waals surface area (Å²) in [6.07, 6.45) is 4.61. The molecule has 1 aromatic carbocycles. The molecule has 0 radical (unpaired) electrons. The molecule has 0 atom stereocenters. The number of benzene rings is 1. The second kappa shape index (κ2) is 13.7. The van der Waals surface area contributed by atoms with Crippen molar-refractivity contribution in [2.75, 3.05) is 26.7 Å². The second-order valence-corrected chi connectivity index (χ2v) is 4.99. The summed E-state index contributed by atoms with van der Waals surface area (Å²) in [6, 6.07) is 8.20. The number of ether oxygens (including phenoxy) is 1. The van der Waals surface area contributed by atoms with Gasteiger partial charge in [0.1, 0.15) is 5.75 Å². The monoisotopic (exact) mass is 419 g/mol. The van der Waals surface area contributed by atoms with E-state index in [1.54, 1.807) is 7.11 Å². The molecule has 0 aliphatic rings. The molecule has 0 spiro atoms. The molecule has 0 unspecified atom stereocenters. The summed E-state index contributed by atoms with van der Waals surface area (Å²) in [4.78, 5) is 4.58. The summed E-state index contributed by atoms with van der Waals surface area (Å²) in [6.45, 7) is 6.97. The van der Waals surface area contributed by atoms with Crippen molar-refractivity contribution in [2.45, 2.75) is 39.5 Å². The number of nitrogens with one attached hydrogen (secondary N) is 2. The maximum Gasteiger partial charge on any atom is 0.191 e. The largest absolute Gasteiger partial charge is 0.497 e. The molecule has 4 nitrogen and oxygen atoms in total. The van der Waals surface area contributed by atoms with Crippen LogP contribution in [0.3, 0.4) is 0 Å². The highest BCUT2D eigenvalue weighted by atomic mass is 127. The molecule has 1 rings (SSSR count). The molecular formula is C17H30IN3O. The Kier molecular flexibility index (Phi) is 13.1. The third-order valence-electron chi connectivity index (χ3n) is 3.24. The summed E-state index contributed by atoms with van der Waals surface area (Å²) >= 11 is 0. The molecular weight excluding hydrogens is 389 g/mol. The lowest BCUT2D eigenvalue weighted by atomic mass is 10.1. The van der Waals surface area contributed by atoms with Gasteiger partial charge in [-0.1, -0.05) is 31.9 Å². The summed E-state index contributed by atoms with van der Waals surface area (Å²) in [7, 11) is 1.69. The van der Waals surface area contributed by atoms with Gasteiger partial charge in [0, 0.05) is 19.6 Å². The first-order valence-corrected chi connectivity index (χ1v) is 7.95. The van der Waals surface area contributed by atoms with E-state index < -0.39 is 0 Å². The number of hydrogen-bond acceptors (Lipinski definition) is 2. The molecule has 0 saturated heterocycles. The average Bonchev–Trinajstić information content (AvgIpc) is 2.52. The van der Waals surface area contributed by atoms with Gasteiger partial charge in [-0.2, -0.15) is 0 Å². The number of methoxy groups -OCH3 is 1. The van der Waals surface area contributed by atoms with Gasteiger partial charge < -0.3 is 15.4 Å². The summed E-state index contributed by atoms with van der Waals surface area (Å²) < 4.78 is 5.16. The van der Waals surface area contributed by atoms with E-state index >= 15 is 0 Å². The van der Waals surface area contributed by atoms with E-state index in [-0.39, 0.29) is 24.0 Å². The highest BCUT2D eigenvalue weighted by Gasteiger charge is 1.98. The molecule has 126 valence electrons. The molecule has 5 heteroatoms. The number of unbranched alkanes of at least 4 members (excludes halogenated alkanes) is 2. The number of rotatable bonds is 9. The van der Waals surface area contributed by atoms with Crippen molar-refractivity contribution in [1.29, 1.82) is 0 Å². The molecule has 0 aromatic heterocycles. The van der Waals surface area contributed by atoms with E-state index in [0.29, 0.717) is 0 Å². The maximum absolute atomic E-state index is 5.16. The molecule has 0 saturated carbocycles. The standard InChI is InChI=1S/C17H29N3O.HI/c1-4-6-7-13-19-17(18-5-2)20-14-12-15-8-10-16(21-3)11-9-15;/h8-11H,4-7,12-14H2,1-3H3,(H2,18,19,20);1H. The lowest BCUT2D eigenvalue weighted by Crippen LogP contribution is -2.38. The van der Waals surface area contributed by atoms with Crippen LogP contribution in [-0.2, 0) is 6.42 Å².